The van der Waals surface area contributed by atoms with Crippen LogP contribution in [0.5, 0.6) is 0 Å². The molecule has 0 radical (unpaired) electrons. The van der Waals surface area contributed by atoms with Gasteiger partial charge in [0.05, 0.1) is 0 Å². The quantitative estimate of drug-likeness (QED) is 0.692. The SMILES string of the molecule is [CH2-]CCC(C)(C)C.[CH2-]CCC(C)=O.[W+2]. The van der Waals surface area contributed by atoms with Gasteiger partial charge in [0.1, 0.15) is 5.78 Å². The molecule has 0 aliphatic carbocycles. The Hall–Kier alpha value is 0.358. The van der Waals surface area contributed by atoms with Crippen LogP contribution in [-0.4, -0.2) is 5.78 Å². The molecule has 0 unspecified atom stereocenters. The Morgan fingerprint density at radius 1 is 1.14 bits per heavy atom. The fourth-order valence-electron chi connectivity index (χ4n) is 0.779. The monoisotopic (exact) mass is 368 g/mol. The van der Waals surface area contributed by atoms with E-state index in [9.17, 15) is 4.79 Å². The van der Waals surface area contributed by atoms with E-state index in [1.807, 2.05) is 0 Å². The first-order chi connectivity index (χ1) is 5.83. The van der Waals surface area contributed by atoms with Gasteiger partial charge >= 0.3 is 21.1 Å². The van der Waals surface area contributed by atoms with E-state index in [2.05, 4.69) is 34.6 Å². The fourth-order valence-corrected chi connectivity index (χ4v) is 0.779. The van der Waals surface area contributed by atoms with E-state index >= 15 is 0 Å². The van der Waals surface area contributed by atoms with Gasteiger partial charge in [-0.2, -0.15) is 12.8 Å². The molecule has 0 saturated heterocycles. The summed E-state index contributed by atoms with van der Waals surface area (Å²) in [4.78, 5) is 10.0. The number of hydrogen-bond donors (Lipinski definition) is 0. The van der Waals surface area contributed by atoms with Crippen molar-refractivity contribution in [1.29, 1.82) is 0 Å². The van der Waals surface area contributed by atoms with Crippen molar-refractivity contribution in [3.63, 3.8) is 0 Å². The Morgan fingerprint density at radius 3 is 1.57 bits per heavy atom. The smallest absolute Gasteiger partial charge is 0.343 e. The molecule has 0 aromatic carbocycles. The van der Waals surface area contributed by atoms with Gasteiger partial charge < -0.3 is 18.6 Å². The second-order valence-corrected chi connectivity index (χ2v) is 4.47. The van der Waals surface area contributed by atoms with E-state index in [1.54, 1.807) is 6.92 Å². The largest absolute Gasteiger partial charge is 2.00 e. The summed E-state index contributed by atoms with van der Waals surface area (Å²) in [6.45, 7) is 15.6. The number of carbonyl (C=O) groups is 1. The van der Waals surface area contributed by atoms with E-state index in [1.165, 1.54) is 6.42 Å². The molecule has 0 bridgehead atoms. The zero-order valence-corrected chi connectivity index (χ0v) is 13.0. The van der Waals surface area contributed by atoms with E-state index in [-0.39, 0.29) is 26.8 Å². The molecule has 0 amide bonds. The van der Waals surface area contributed by atoms with Crippen LogP contribution in [0, 0.1) is 19.3 Å². The molecular weight excluding hydrogens is 344 g/mol. The molecule has 0 saturated carbocycles. The summed E-state index contributed by atoms with van der Waals surface area (Å²) in [5.74, 6) is 0.227. The van der Waals surface area contributed by atoms with Crippen LogP contribution in [0.25, 0.3) is 0 Å². The van der Waals surface area contributed by atoms with Crippen LogP contribution in [0.1, 0.15) is 53.4 Å². The molecule has 0 atom stereocenters. The Kier molecular flexibility index (Phi) is 16.2. The maximum atomic E-state index is 10.0. The maximum absolute atomic E-state index is 10.0. The Morgan fingerprint density at radius 2 is 1.57 bits per heavy atom. The zero-order chi connectivity index (χ0) is 10.9. The van der Waals surface area contributed by atoms with E-state index < -0.39 is 0 Å². The molecule has 0 heterocycles. The molecule has 1 nitrogen and oxygen atoms in total. The third-order valence-electron chi connectivity index (χ3n) is 1.46. The Labute approximate surface area is 104 Å². The molecule has 0 spiro atoms. The minimum atomic E-state index is 0. The van der Waals surface area contributed by atoms with E-state index in [0.717, 1.165) is 12.8 Å². The normalized spacial score (nSPS) is 9.57. The van der Waals surface area contributed by atoms with E-state index in [0.29, 0.717) is 11.8 Å². The van der Waals surface area contributed by atoms with Crippen LogP contribution in [0.2, 0.25) is 0 Å². The van der Waals surface area contributed by atoms with Gasteiger partial charge in [0.15, 0.2) is 0 Å². The number of hydrogen-bond acceptors (Lipinski definition) is 1. The van der Waals surface area contributed by atoms with Crippen LogP contribution < -0.4 is 0 Å². The van der Waals surface area contributed by atoms with Crippen LogP contribution in [0.4, 0.5) is 0 Å². The number of ketones is 1. The van der Waals surface area contributed by atoms with Crippen molar-refractivity contribution in [1.82, 2.24) is 0 Å². The van der Waals surface area contributed by atoms with Crippen molar-refractivity contribution in [3.05, 3.63) is 13.8 Å². The van der Waals surface area contributed by atoms with Gasteiger partial charge in [-0.1, -0.05) is 27.2 Å². The summed E-state index contributed by atoms with van der Waals surface area (Å²) < 4.78 is 0. The van der Waals surface area contributed by atoms with Gasteiger partial charge in [0, 0.05) is 0 Å². The molecule has 0 aliphatic rings. The van der Waals surface area contributed by atoms with Gasteiger partial charge in [-0.3, -0.25) is 0 Å². The van der Waals surface area contributed by atoms with Crippen molar-refractivity contribution in [2.45, 2.75) is 53.4 Å². The third kappa shape index (κ3) is 29.4. The summed E-state index contributed by atoms with van der Waals surface area (Å²) in [6.07, 6.45) is 3.64. The van der Waals surface area contributed by atoms with Crippen LogP contribution in [0.3, 0.4) is 0 Å². The van der Waals surface area contributed by atoms with Gasteiger partial charge in [-0.15, -0.1) is 0 Å². The van der Waals surface area contributed by atoms with Gasteiger partial charge in [-0.05, 0) is 18.8 Å². The average molecular weight is 368 g/mol. The Bertz CT molecular complexity index is 125. The molecule has 0 rings (SSSR count). The fraction of sp³-hybridized carbons (Fsp3) is 0.750. The first kappa shape index (κ1) is 19.9. The van der Waals surface area contributed by atoms with Crippen molar-refractivity contribution in [3.8, 4) is 0 Å². The molecule has 0 aromatic rings. The number of carbonyl (C=O) groups excluding carboxylic acids is 1. The summed E-state index contributed by atoms with van der Waals surface area (Å²) in [5.41, 5.74) is 0.488. The van der Waals surface area contributed by atoms with Gasteiger partial charge in [0.2, 0.25) is 0 Å². The van der Waals surface area contributed by atoms with Crippen molar-refractivity contribution >= 4 is 5.78 Å². The summed E-state index contributed by atoms with van der Waals surface area (Å²) in [6, 6.07) is 0. The minimum Gasteiger partial charge on any atom is -0.343 e. The second-order valence-electron chi connectivity index (χ2n) is 4.47. The first-order valence-corrected chi connectivity index (χ1v) is 4.91. The van der Waals surface area contributed by atoms with Crippen molar-refractivity contribution in [2.75, 3.05) is 0 Å². The van der Waals surface area contributed by atoms with Crippen LogP contribution in [0.15, 0.2) is 0 Å². The number of rotatable bonds is 3. The van der Waals surface area contributed by atoms with Crippen LogP contribution in [-0.2, 0) is 25.9 Å². The zero-order valence-electron chi connectivity index (χ0n) is 10.1. The summed E-state index contributed by atoms with van der Waals surface area (Å²) in [5, 5.41) is 0. The molecule has 14 heavy (non-hydrogen) atoms. The summed E-state index contributed by atoms with van der Waals surface area (Å²) >= 11 is 0. The second kappa shape index (κ2) is 11.4. The topological polar surface area (TPSA) is 17.1 Å². The summed E-state index contributed by atoms with van der Waals surface area (Å²) in [7, 11) is 0. The Balaban J connectivity index is -0.000000163. The minimum absolute atomic E-state index is 0. The molecular formula is C12H24OW. The standard InChI is InChI=1S/C7H15.C5H9O.W/c1-5-6-7(2,3)4;1-3-4-5(2)6;/h1,5-6H2,2-4H3;1,3-4H2,2H3;/q2*-1;+2. The van der Waals surface area contributed by atoms with E-state index in [4.69, 9.17) is 0 Å². The van der Waals surface area contributed by atoms with Crippen molar-refractivity contribution in [2.24, 2.45) is 5.41 Å². The molecule has 0 N–H and O–H groups in total. The molecule has 0 aromatic heterocycles. The number of Topliss-reactive ketones (excluding diaryl/α,β-unsaturated/α-hetero) is 1. The third-order valence-corrected chi connectivity index (χ3v) is 1.46. The molecule has 84 valence electrons. The molecule has 2 heteroatoms. The predicted molar refractivity (Wildman–Crippen MR) is 59.3 cm³/mol. The maximum Gasteiger partial charge on any atom is 2.00 e. The van der Waals surface area contributed by atoms with Crippen molar-refractivity contribution < 1.29 is 25.9 Å². The predicted octanol–water partition coefficient (Wildman–Crippen LogP) is 3.83. The van der Waals surface area contributed by atoms with Crippen LogP contribution >= 0.6 is 0 Å². The first-order valence-electron chi connectivity index (χ1n) is 4.91. The average Bonchev–Trinajstić information content (AvgIpc) is 1.84. The molecule has 0 fully saturated rings. The van der Waals surface area contributed by atoms with Gasteiger partial charge in [-0.25, -0.2) is 0 Å². The molecule has 0 aliphatic heterocycles. The van der Waals surface area contributed by atoms with Gasteiger partial charge in [0.25, 0.3) is 0 Å².